The minimum Gasteiger partial charge on any atom is -0.465 e. The van der Waals surface area contributed by atoms with Gasteiger partial charge in [-0.05, 0) is 43.9 Å². The Morgan fingerprint density at radius 2 is 1.00 bits per heavy atom. The van der Waals surface area contributed by atoms with Gasteiger partial charge < -0.3 is 9.47 Å². The number of ether oxygens (including phenoxy) is 2. The number of rotatable bonds is 17. The third kappa shape index (κ3) is 13.7. The summed E-state index contributed by atoms with van der Waals surface area (Å²) in [5.41, 5.74) is 0. The Morgan fingerprint density at radius 3 is 1.47 bits per heavy atom. The molecule has 3 rings (SSSR count). The van der Waals surface area contributed by atoms with Crippen LogP contribution in [0.5, 0.6) is 0 Å². The van der Waals surface area contributed by atoms with Gasteiger partial charge in [-0.2, -0.15) is 0 Å². The number of hydrogen-bond acceptors (Lipinski definition) is 4. The maximum Gasteiger partial charge on any atom is 0.309 e. The summed E-state index contributed by atoms with van der Waals surface area (Å²) in [4.78, 5) is 24.9. The number of carbonyl (C=O) groups is 2. The number of unbranched alkanes of at least 4 members (excludes halogenated alkanes) is 15. The van der Waals surface area contributed by atoms with Crippen LogP contribution in [0.2, 0.25) is 0 Å². The van der Waals surface area contributed by atoms with Crippen LogP contribution in [0.3, 0.4) is 0 Å². The molecule has 198 valence electrons. The summed E-state index contributed by atoms with van der Waals surface area (Å²) in [7, 11) is 0. The van der Waals surface area contributed by atoms with E-state index in [4.69, 9.17) is 9.47 Å². The van der Waals surface area contributed by atoms with Crippen molar-refractivity contribution >= 4 is 11.9 Å². The standard InChI is InChI=1S/C30H54O4/c1-2-3-4-5-6-7-8-9-10-11-12-13-14-15-16-17-18-28-23-29(31)33-24-26-19-21-27(22-20-26)25-34-30(28)32/h26-28H,2-25H2,1H3. The SMILES string of the molecule is CCCCCCCCCCCCCCCCCCC1CC(=O)OCC2CCC(CC2)COC1=O. The average Bonchev–Trinajstić information content (AvgIpc) is 2.85. The molecule has 1 unspecified atom stereocenters. The predicted molar refractivity (Wildman–Crippen MR) is 140 cm³/mol. The molecule has 0 spiro atoms. The summed E-state index contributed by atoms with van der Waals surface area (Å²) in [6, 6.07) is 0. The number of carbonyl (C=O) groups excluding carboxylic acids is 2. The van der Waals surface area contributed by atoms with Crippen molar-refractivity contribution in [2.24, 2.45) is 17.8 Å². The van der Waals surface area contributed by atoms with Crippen LogP contribution in [-0.2, 0) is 19.1 Å². The quantitative estimate of drug-likeness (QED) is 0.155. The van der Waals surface area contributed by atoms with E-state index in [1.54, 1.807) is 0 Å². The molecule has 2 heterocycles. The smallest absolute Gasteiger partial charge is 0.309 e. The normalized spacial score (nSPS) is 23.7. The molecule has 0 radical (unpaired) electrons. The highest BCUT2D eigenvalue weighted by atomic mass is 16.5. The first kappa shape index (κ1) is 29.2. The fourth-order valence-electron chi connectivity index (χ4n) is 5.60. The first-order valence-electron chi connectivity index (χ1n) is 15.0. The van der Waals surface area contributed by atoms with Crippen molar-refractivity contribution in [1.82, 2.24) is 0 Å². The van der Waals surface area contributed by atoms with Crippen LogP contribution in [0.25, 0.3) is 0 Å². The molecule has 0 aromatic carbocycles. The maximum absolute atomic E-state index is 12.6. The van der Waals surface area contributed by atoms with E-state index in [9.17, 15) is 9.59 Å². The molecule has 34 heavy (non-hydrogen) atoms. The molecule has 1 atom stereocenters. The van der Waals surface area contributed by atoms with E-state index in [1.165, 1.54) is 89.9 Å². The third-order valence-corrected chi connectivity index (χ3v) is 8.06. The minimum atomic E-state index is -0.322. The van der Waals surface area contributed by atoms with Crippen LogP contribution >= 0.6 is 0 Å². The molecule has 3 fully saturated rings. The fraction of sp³-hybridized carbons (Fsp3) is 0.933. The lowest BCUT2D eigenvalue weighted by atomic mass is 9.82. The van der Waals surface area contributed by atoms with Gasteiger partial charge in [-0.15, -0.1) is 0 Å². The van der Waals surface area contributed by atoms with Gasteiger partial charge in [0.2, 0.25) is 0 Å². The molecule has 0 aromatic rings. The molecule has 1 aliphatic carbocycles. The zero-order valence-electron chi connectivity index (χ0n) is 22.3. The van der Waals surface area contributed by atoms with E-state index < -0.39 is 0 Å². The van der Waals surface area contributed by atoms with Gasteiger partial charge in [0.25, 0.3) is 0 Å². The molecule has 4 nitrogen and oxygen atoms in total. The molecular formula is C30H54O4. The van der Waals surface area contributed by atoms with E-state index in [0.717, 1.165) is 44.9 Å². The van der Waals surface area contributed by atoms with Gasteiger partial charge in [0, 0.05) is 0 Å². The van der Waals surface area contributed by atoms with Crippen molar-refractivity contribution in [1.29, 1.82) is 0 Å². The molecule has 0 N–H and O–H groups in total. The Morgan fingerprint density at radius 1 is 0.588 bits per heavy atom. The maximum atomic E-state index is 12.6. The Balaban J connectivity index is 1.46. The van der Waals surface area contributed by atoms with E-state index in [1.807, 2.05) is 0 Å². The van der Waals surface area contributed by atoms with Gasteiger partial charge >= 0.3 is 11.9 Å². The lowest BCUT2D eigenvalue weighted by Crippen LogP contribution is -2.29. The Hall–Kier alpha value is -1.06. The van der Waals surface area contributed by atoms with E-state index in [2.05, 4.69) is 6.92 Å². The van der Waals surface area contributed by atoms with Gasteiger partial charge in [-0.3, -0.25) is 9.59 Å². The van der Waals surface area contributed by atoms with E-state index >= 15 is 0 Å². The van der Waals surface area contributed by atoms with Crippen molar-refractivity contribution in [3.8, 4) is 0 Å². The Kier molecular flexibility index (Phi) is 16.4. The van der Waals surface area contributed by atoms with Crippen LogP contribution < -0.4 is 0 Å². The summed E-state index contributed by atoms with van der Waals surface area (Å²) in [5.74, 6) is 0.263. The zero-order chi connectivity index (χ0) is 24.3. The number of esters is 2. The third-order valence-electron chi connectivity index (χ3n) is 8.06. The molecule has 3 aliphatic rings. The average molecular weight is 479 g/mol. The molecular weight excluding hydrogens is 424 g/mol. The monoisotopic (exact) mass is 478 g/mol. The van der Waals surface area contributed by atoms with Crippen LogP contribution in [0.15, 0.2) is 0 Å². The second-order valence-corrected chi connectivity index (χ2v) is 11.2. The molecule has 2 aliphatic heterocycles. The summed E-state index contributed by atoms with van der Waals surface area (Å²) >= 11 is 0. The van der Waals surface area contributed by atoms with Gasteiger partial charge in [0.1, 0.15) is 0 Å². The molecule has 0 aromatic heterocycles. The van der Waals surface area contributed by atoms with Crippen molar-refractivity contribution < 1.29 is 19.1 Å². The second-order valence-electron chi connectivity index (χ2n) is 11.2. The Bertz CT molecular complexity index is 524. The molecule has 1 saturated carbocycles. The summed E-state index contributed by atoms with van der Waals surface area (Å²) < 4.78 is 11.1. The van der Waals surface area contributed by atoms with Crippen molar-refractivity contribution in [2.45, 2.75) is 148 Å². The van der Waals surface area contributed by atoms with Crippen LogP contribution in [0.1, 0.15) is 148 Å². The Labute approximate surface area is 210 Å². The molecule has 2 bridgehead atoms. The second kappa shape index (κ2) is 19.2. The van der Waals surface area contributed by atoms with Crippen LogP contribution in [0, 0.1) is 17.8 Å². The predicted octanol–water partition coefficient (Wildman–Crippen LogP) is 8.55. The highest BCUT2D eigenvalue weighted by molar-refractivity contribution is 5.80. The molecule has 2 saturated heterocycles. The van der Waals surface area contributed by atoms with Crippen molar-refractivity contribution in [2.75, 3.05) is 13.2 Å². The molecule has 4 heteroatoms. The largest absolute Gasteiger partial charge is 0.465 e. The lowest BCUT2D eigenvalue weighted by Gasteiger charge is -2.29. The van der Waals surface area contributed by atoms with Gasteiger partial charge in [0.15, 0.2) is 0 Å². The highest BCUT2D eigenvalue weighted by Gasteiger charge is 2.29. The van der Waals surface area contributed by atoms with Gasteiger partial charge in [0.05, 0.1) is 25.6 Å². The van der Waals surface area contributed by atoms with Crippen molar-refractivity contribution in [3.05, 3.63) is 0 Å². The highest BCUT2D eigenvalue weighted by Crippen LogP contribution is 2.30. The van der Waals surface area contributed by atoms with Crippen LogP contribution in [-0.4, -0.2) is 25.2 Å². The van der Waals surface area contributed by atoms with Gasteiger partial charge in [-0.1, -0.05) is 110 Å². The summed E-state index contributed by atoms with van der Waals surface area (Å²) in [6.07, 6.45) is 26.7. The first-order valence-corrected chi connectivity index (χ1v) is 15.0. The van der Waals surface area contributed by atoms with Crippen molar-refractivity contribution in [3.63, 3.8) is 0 Å². The summed E-state index contributed by atoms with van der Waals surface area (Å²) in [5, 5.41) is 0. The molecule has 0 amide bonds. The summed E-state index contributed by atoms with van der Waals surface area (Å²) in [6.45, 7) is 3.35. The number of hydrogen-bond donors (Lipinski definition) is 0. The number of fused-ring (bicyclic) bond motifs is 9. The van der Waals surface area contributed by atoms with E-state index in [-0.39, 0.29) is 24.3 Å². The van der Waals surface area contributed by atoms with Gasteiger partial charge in [-0.25, -0.2) is 0 Å². The fourth-order valence-corrected chi connectivity index (χ4v) is 5.60. The van der Waals surface area contributed by atoms with Crippen LogP contribution in [0.4, 0.5) is 0 Å². The minimum absolute atomic E-state index is 0.180. The lowest BCUT2D eigenvalue weighted by molar-refractivity contribution is -0.158. The topological polar surface area (TPSA) is 52.6 Å². The zero-order valence-corrected chi connectivity index (χ0v) is 22.3. The first-order chi connectivity index (χ1) is 16.7. The van der Waals surface area contributed by atoms with E-state index in [0.29, 0.717) is 25.0 Å².